The number of hydrogen-bond donors (Lipinski definition) is 0. The highest BCUT2D eigenvalue weighted by atomic mass is 15.1. The molecule has 4 aromatic rings. The van der Waals surface area contributed by atoms with Crippen molar-refractivity contribution >= 4 is 32.9 Å². The second kappa shape index (κ2) is 10.1. The van der Waals surface area contributed by atoms with E-state index >= 15 is 0 Å². The van der Waals surface area contributed by atoms with Crippen LogP contribution in [-0.4, -0.2) is 0 Å². The molecule has 0 atom stereocenters. The van der Waals surface area contributed by atoms with Gasteiger partial charge in [0, 0.05) is 10.8 Å². The number of rotatable bonds is 2. The first-order valence-electron chi connectivity index (χ1n) is 9.29. The fourth-order valence-electron chi connectivity index (χ4n) is 2.70. The molecule has 0 heterocycles. The highest BCUT2D eigenvalue weighted by Crippen LogP contribution is 2.30. The largest absolute Gasteiger partial charge is 0.150 e. The molecule has 0 aliphatic rings. The van der Waals surface area contributed by atoms with E-state index in [2.05, 4.69) is 46.6 Å². The van der Waals surface area contributed by atoms with E-state index < -0.39 is 0 Å². The van der Waals surface area contributed by atoms with E-state index in [-0.39, 0.29) is 0 Å². The summed E-state index contributed by atoms with van der Waals surface area (Å²) in [4.78, 5) is 0. The van der Waals surface area contributed by atoms with Gasteiger partial charge < -0.3 is 0 Å². The Morgan fingerprint density at radius 1 is 0.423 bits per heavy atom. The van der Waals surface area contributed by atoms with Crippen LogP contribution in [-0.2, 0) is 0 Å². The molecule has 0 N–H and O–H groups in total. The van der Waals surface area contributed by atoms with Crippen LogP contribution in [0.25, 0.3) is 21.5 Å². The topological polar surface area (TPSA) is 24.7 Å². The molecule has 0 unspecified atom stereocenters. The fourth-order valence-corrected chi connectivity index (χ4v) is 2.70. The van der Waals surface area contributed by atoms with Crippen molar-refractivity contribution in [2.75, 3.05) is 0 Å². The SMILES string of the molecule is CC.CC.c1ccc2c(N=Nc3cccc4ccccc34)cccc2c1. The Hall–Kier alpha value is -3.00. The lowest BCUT2D eigenvalue weighted by molar-refractivity contribution is 1.25. The van der Waals surface area contributed by atoms with Crippen molar-refractivity contribution in [3.05, 3.63) is 84.9 Å². The predicted molar refractivity (Wildman–Crippen MR) is 115 cm³/mol. The molecule has 0 fully saturated rings. The minimum Gasteiger partial charge on any atom is -0.150 e. The summed E-state index contributed by atoms with van der Waals surface area (Å²) in [5.41, 5.74) is 1.79. The first-order valence-corrected chi connectivity index (χ1v) is 9.29. The Labute approximate surface area is 156 Å². The van der Waals surface area contributed by atoms with Crippen molar-refractivity contribution in [1.82, 2.24) is 0 Å². The van der Waals surface area contributed by atoms with Crippen molar-refractivity contribution in [1.29, 1.82) is 0 Å². The van der Waals surface area contributed by atoms with Crippen molar-refractivity contribution < 1.29 is 0 Å². The van der Waals surface area contributed by atoms with Crippen LogP contribution in [0.15, 0.2) is 95.2 Å². The van der Waals surface area contributed by atoms with Crippen LogP contribution in [0.4, 0.5) is 11.4 Å². The molecule has 0 aliphatic carbocycles. The van der Waals surface area contributed by atoms with Gasteiger partial charge in [-0.1, -0.05) is 100 Å². The lowest BCUT2D eigenvalue weighted by Gasteiger charge is -2.02. The van der Waals surface area contributed by atoms with E-state index in [0.717, 1.165) is 22.1 Å². The Morgan fingerprint density at radius 3 is 1.19 bits per heavy atom. The quantitative estimate of drug-likeness (QED) is 0.326. The zero-order valence-corrected chi connectivity index (χ0v) is 16.0. The van der Waals surface area contributed by atoms with Crippen LogP contribution in [0.5, 0.6) is 0 Å². The molecule has 2 nitrogen and oxygen atoms in total. The van der Waals surface area contributed by atoms with E-state index in [1.807, 2.05) is 76.2 Å². The molecular weight excluding hydrogens is 316 g/mol. The summed E-state index contributed by atoms with van der Waals surface area (Å²) >= 11 is 0. The molecule has 0 spiro atoms. The minimum atomic E-state index is 0.894. The second-order valence-electron chi connectivity index (χ2n) is 5.20. The molecule has 0 bridgehead atoms. The second-order valence-corrected chi connectivity index (χ2v) is 5.20. The molecule has 4 rings (SSSR count). The fraction of sp³-hybridized carbons (Fsp3) is 0.167. The Kier molecular flexibility index (Phi) is 7.50. The number of azo groups is 1. The van der Waals surface area contributed by atoms with Crippen molar-refractivity contribution in [3.8, 4) is 0 Å². The zero-order chi connectivity index (χ0) is 18.8. The van der Waals surface area contributed by atoms with E-state index in [0.29, 0.717) is 0 Å². The van der Waals surface area contributed by atoms with Gasteiger partial charge in [-0.05, 0) is 22.9 Å². The molecule has 0 aliphatic heterocycles. The summed E-state index contributed by atoms with van der Waals surface area (Å²) in [5.74, 6) is 0. The molecule has 4 aromatic carbocycles. The summed E-state index contributed by atoms with van der Waals surface area (Å²) in [6.07, 6.45) is 0. The summed E-state index contributed by atoms with van der Waals surface area (Å²) in [7, 11) is 0. The van der Waals surface area contributed by atoms with Gasteiger partial charge >= 0.3 is 0 Å². The van der Waals surface area contributed by atoms with Gasteiger partial charge in [0.1, 0.15) is 0 Å². The van der Waals surface area contributed by atoms with Crippen molar-refractivity contribution in [2.45, 2.75) is 27.7 Å². The maximum absolute atomic E-state index is 4.48. The molecule has 0 radical (unpaired) electrons. The summed E-state index contributed by atoms with van der Waals surface area (Å²) in [6.45, 7) is 8.00. The van der Waals surface area contributed by atoms with E-state index in [1.165, 1.54) is 10.8 Å². The highest BCUT2D eigenvalue weighted by molar-refractivity contribution is 5.93. The van der Waals surface area contributed by atoms with Gasteiger partial charge in [0.15, 0.2) is 0 Å². The smallest absolute Gasteiger partial charge is 0.0935 e. The highest BCUT2D eigenvalue weighted by Gasteiger charge is 2.01. The summed E-state index contributed by atoms with van der Waals surface area (Å²) < 4.78 is 0. The van der Waals surface area contributed by atoms with Gasteiger partial charge in [-0.25, -0.2) is 0 Å². The molecule has 2 heteroatoms. The van der Waals surface area contributed by atoms with E-state index in [4.69, 9.17) is 0 Å². The average molecular weight is 342 g/mol. The molecule has 0 saturated carbocycles. The van der Waals surface area contributed by atoms with Crippen LogP contribution in [0.1, 0.15) is 27.7 Å². The number of nitrogens with zero attached hydrogens (tertiary/aromatic N) is 2. The first-order chi connectivity index (χ1) is 12.9. The average Bonchev–Trinajstić information content (AvgIpc) is 2.75. The monoisotopic (exact) mass is 342 g/mol. The summed E-state index contributed by atoms with van der Waals surface area (Å²) in [5, 5.41) is 13.6. The lowest BCUT2D eigenvalue weighted by atomic mass is 10.1. The van der Waals surface area contributed by atoms with Gasteiger partial charge in [-0.15, -0.1) is 10.2 Å². The van der Waals surface area contributed by atoms with E-state index in [9.17, 15) is 0 Å². The standard InChI is InChI=1S/C20H14N2.2C2H6/c1-3-11-17-15(7-1)9-5-13-19(17)21-22-20-14-6-10-16-8-2-4-12-18(16)20;2*1-2/h1-14H;2*1-2H3. The van der Waals surface area contributed by atoms with Gasteiger partial charge in [0.05, 0.1) is 11.4 Å². The number of hydrogen-bond acceptors (Lipinski definition) is 2. The Bertz CT molecular complexity index is 895. The van der Waals surface area contributed by atoms with E-state index in [1.54, 1.807) is 0 Å². The van der Waals surface area contributed by atoms with Gasteiger partial charge in [-0.2, -0.15) is 0 Å². The molecule has 0 amide bonds. The van der Waals surface area contributed by atoms with Crippen LogP contribution in [0.3, 0.4) is 0 Å². The minimum absolute atomic E-state index is 0.894. The van der Waals surface area contributed by atoms with Crippen LogP contribution in [0, 0.1) is 0 Å². The molecule has 132 valence electrons. The number of fused-ring (bicyclic) bond motifs is 2. The van der Waals surface area contributed by atoms with Crippen molar-refractivity contribution in [3.63, 3.8) is 0 Å². The third kappa shape index (κ3) is 4.34. The van der Waals surface area contributed by atoms with Crippen LogP contribution in [0.2, 0.25) is 0 Å². The Morgan fingerprint density at radius 2 is 0.769 bits per heavy atom. The normalized spacial score (nSPS) is 10.2. The third-order valence-electron chi connectivity index (χ3n) is 3.80. The van der Waals surface area contributed by atoms with Crippen molar-refractivity contribution in [2.24, 2.45) is 10.2 Å². The van der Waals surface area contributed by atoms with Crippen LogP contribution >= 0.6 is 0 Å². The van der Waals surface area contributed by atoms with Gasteiger partial charge in [-0.3, -0.25) is 0 Å². The number of benzene rings is 4. The summed E-state index contributed by atoms with van der Waals surface area (Å²) in [6, 6.07) is 28.7. The van der Waals surface area contributed by atoms with Crippen LogP contribution < -0.4 is 0 Å². The molecule has 0 saturated heterocycles. The maximum Gasteiger partial charge on any atom is 0.0935 e. The Balaban J connectivity index is 0.000000570. The van der Waals surface area contributed by atoms with Gasteiger partial charge in [0.2, 0.25) is 0 Å². The zero-order valence-electron chi connectivity index (χ0n) is 16.0. The lowest BCUT2D eigenvalue weighted by Crippen LogP contribution is -1.74. The molecule has 0 aromatic heterocycles. The first kappa shape index (κ1) is 19.3. The molecule has 26 heavy (non-hydrogen) atoms. The van der Waals surface area contributed by atoms with Gasteiger partial charge in [0.25, 0.3) is 0 Å². The predicted octanol–water partition coefficient (Wildman–Crippen LogP) is 8.46. The maximum atomic E-state index is 4.48. The molecular formula is C24H26N2. The third-order valence-corrected chi connectivity index (χ3v) is 3.80.